The molecule has 0 aliphatic heterocycles. The van der Waals surface area contributed by atoms with Crippen LogP contribution in [0, 0.1) is 0 Å². The van der Waals surface area contributed by atoms with Crippen LogP contribution in [0.4, 0.5) is 0 Å². The van der Waals surface area contributed by atoms with Gasteiger partial charge in [-0.05, 0) is 0 Å². The Morgan fingerprint density at radius 1 is 1.50 bits per heavy atom. The molecule has 0 aliphatic rings. The van der Waals surface area contributed by atoms with Crippen molar-refractivity contribution in [3.8, 4) is 0 Å². The molecular formula is CH3O5SZn. The van der Waals surface area contributed by atoms with E-state index in [2.05, 4.69) is 3.01 Å². The van der Waals surface area contributed by atoms with Crippen LogP contribution in [0.3, 0.4) is 0 Å². The summed E-state index contributed by atoms with van der Waals surface area (Å²) in [5, 5.41) is 0. The van der Waals surface area contributed by atoms with Gasteiger partial charge >= 0.3 is 45.0 Å². The van der Waals surface area contributed by atoms with E-state index in [1.54, 1.807) is 0 Å². The van der Waals surface area contributed by atoms with Gasteiger partial charge in [-0.2, -0.15) is 0 Å². The SMILES string of the molecule is C=O.O=S(=O)(O)[O][Zn]. The van der Waals surface area contributed by atoms with E-state index >= 15 is 0 Å². The maximum atomic E-state index is 9.36. The molecule has 0 aromatic carbocycles. The van der Waals surface area contributed by atoms with E-state index in [0.29, 0.717) is 0 Å². The van der Waals surface area contributed by atoms with Crippen LogP contribution in [0.2, 0.25) is 0 Å². The summed E-state index contributed by atoms with van der Waals surface area (Å²) in [6.45, 7) is 2.00. The van der Waals surface area contributed by atoms with Crippen molar-refractivity contribution in [3.05, 3.63) is 0 Å². The van der Waals surface area contributed by atoms with Crippen LogP contribution >= 0.6 is 0 Å². The molecule has 0 radical (unpaired) electrons. The molecule has 0 spiro atoms. The van der Waals surface area contributed by atoms with Crippen molar-refractivity contribution in [2.75, 3.05) is 0 Å². The van der Waals surface area contributed by atoms with Crippen LogP contribution in [-0.4, -0.2) is 19.8 Å². The van der Waals surface area contributed by atoms with Crippen LogP contribution in [0.25, 0.3) is 0 Å². The van der Waals surface area contributed by atoms with Crippen molar-refractivity contribution in [1.82, 2.24) is 0 Å². The van der Waals surface area contributed by atoms with E-state index < -0.39 is 10.4 Å². The standard InChI is InChI=1S/CH2O.H2O4S.Zn/c1-2;1-5(2,3)4;/h1H2;(H2,1,2,3,4);/q;;+1/p-1. The van der Waals surface area contributed by atoms with Gasteiger partial charge in [0.15, 0.2) is 0 Å². The number of rotatable bonds is 1. The predicted molar refractivity (Wildman–Crippen MR) is 19.8 cm³/mol. The Labute approximate surface area is 57.1 Å². The van der Waals surface area contributed by atoms with Crippen molar-refractivity contribution in [2.45, 2.75) is 0 Å². The molecule has 0 rings (SSSR count). The third-order valence-corrected chi connectivity index (χ3v) is 2.32. The van der Waals surface area contributed by atoms with E-state index in [9.17, 15) is 8.42 Å². The van der Waals surface area contributed by atoms with Gasteiger partial charge in [0, 0.05) is 0 Å². The fourth-order valence-electron chi connectivity index (χ4n) is 0. The molecule has 0 heterocycles. The molecule has 1 N–H and O–H groups in total. The van der Waals surface area contributed by atoms with Gasteiger partial charge in [-0.25, -0.2) is 0 Å². The topological polar surface area (TPSA) is 80.7 Å². The molecule has 0 saturated heterocycles. The van der Waals surface area contributed by atoms with Gasteiger partial charge in [0.05, 0.1) is 0 Å². The quantitative estimate of drug-likeness (QED) is 0.429. The summed E-state index contributed by atoms with van der Waals surface area (Å²) in [6.07, 6.45) is 0. The first kappa shape index (κ1) is 11.0. The summed E-state index contributed by atoms with van der Waals surface area (Å²) >= 11 is 0.0961. The van der Waals surface area contributed by atoms with Crippen LogP contribution in [-0.2, 0) is 36.9 Å². The van der Waals surface area contributed by atoms with Crippen LogP contribution in [0.15, 0.2) is 0 Å². The second-order valence-corrected chi connectivity index (χ2v) is 3.12. The van der Waals surface area contributed by atoms with E-state index in [0.717, 1.165) is 0 Å². The van der Waals surface area contributed by atoms with Crippen molar-refractivity contribution in [1.29, 1.82) is 0 Å². The first-order valence-electron chi connectivity index (χ1n) is 1.26. The molecule has 0 unspecified atom stereocenters. The van der Waals surface area contributed by atoms with Crippen molar-refractivity contribution >= 4 is 17.2 Å². The molecule has 0 saturated carbocycles. The van der Waals surface area contributed by atoms with Gasteiger partial charge in [0.2, 0.25) is 0 Å². The van der Waals surface area contributed by atoms with Crippen molar-refractivity contribution in [3.63, 3.8) is 0 Å². The monoisotopic (exact) mass is 191 g/mol. The molecule has 45 valence electrons. The molecule has 7 heteroatoms. The Morgan fingerprint density at radius 2 is 1.62 bits per heavy atom. The third-order valence-electron chi connectivity index (χ3n) is 0.149. The molecular weight excluding hydrogens is 189 g/mol. The Hall–Kier alpha value is 0.163. The summed E-state index contributed by atoms with van der Waals surface area (Å²) < 4.78 is 29.9. The zero-order valence-electron chi connectivity index (χ0n) is 3.90. The van der Waals surface area contributed by atoms with Gasteiger partial charge < -0.3 is 4.79 Å². The first-order chi connectivity index (χ1) is 3.56. The zero-order chi connectivity index (χ0) is 7.21. The van der Waals surface area contributed by atoms with Gasteiger partial charge in [-0.3, -0.25) is 0 Å². The second-order valence-electron chi connectivity index (χ2n) is 0.546. The molecule has 0 amide bonds. The summed E-state index contributed by atoms with van der Waals surface area (Å²) in [5.74, 6) is 0. The number of hydrogen-bond acceptors (Lipinski definition) is 4. The summed E-state index contributed by atoms with van der Waals surface area (Å²) in [6, 6.07) is 0. The molecule has 5 nitrogen and oxygen atoms in total. The van der Waals surface area contributed by atoms with E-state index in [4.69, 9.17) is 9.35 Å². The van der Waals surface area contributed by atoms with Gasteiger partial charge in [0.1, 0.15) is 6.79 Å². The Morgan fingerprint density at radius 3 is 1.62 bits per heavy atom. The normalized spacial score (nSPS) is 9.38. The number of carbonyl (C=O) groups excluding carboxylic acids is 1. The first-order valence-corrected chi connectivity index (χ1v) is 3.84. The number of hydrogen-bond donors (Lipinski definition) is 1. The van der Waals surface area contributed by atoms with Gasteiger partial charge in [-0.15, -0.1) is 0 Å². The van der Waals surface area contributed by atoms with E-state index in [-0.39, 0.29) is 18.7 Å². The van der Waals surface area contributed by atoms with Crippen molar-refractivity contribution in [2.24, 2.45) is 0 Å². The molecule has 0 aliphatic carbocycles. The Bertz CT molecular complexity index is 125. The average Bonchev–Trinajstić information content (AvgIpc) is 1.71. The molecule has 0 aromatic rings. The van der Waals surface area contributed by atoms with Crippen molar-refractivity contribution < 1.29 is 39.4 Å². The zero-order valence-corrected chi connectivity index (χ0v) is 7.69. The van der Waals surface area contributed by atoms with Crippen LogP contribution < -0.4 is 0 Å². The summed E-state index contributed by atoms with van der Waals surface area (Å²) in [4.78, 5) is 8.00. The Balaban J connectivity index is 0. The fraction of sp³-hybridized carbons (Fsp3) is 0. The second kappa shape index (κ2) is 5.30. The minimum atomic E-state index is -4.11. The maximum absolute atomic E-state index is 9.36. The molecule has 0 atom stereocenters. The minimum absolute atomic E-state index is 0.0961. The molecule has 0 fully saturated rings. The van der Waals surface area contributed by atoms with E-state index in [1.165, 1.54) is 0 Å². The van der Waals surface area contributed by atoms with Gasteiger partial charge in [-0.1, -0.05) is 0 Å². The number of carbonyl (C=O) groups is 1. The molecule has 0 bridgehead atoms. The van der Waals surface area contributed by atoms with Crippen LogP contribution in [0.1, 0.15) is 0 Å². The van der Waals surface area contributed by atoms with E-state index in [1.807, 2.05) is 6.79 Å². The predicted octanol–water partition coefficient (Wildman–Crippen LogP) is -0.917. The average molecular weight is 192 g/mol. The molecule has 8 heavy (non-hydrogen) atoms. The molecule has 0 aromatic heterocycles. The summed E-state index contributed by atoms with van der Waals surface area (Å²) in [7, 11) is -4.11. The Kier molecular flexibility index (Phi) is 7.31. The van der Waals surface area contributed by atoms with Gasteiger partial charge in [0.25, 0.3) is 0 Å². The third kappa shape index (κ3) is 16.4. The fourth-order valence-corrected chi connectivity index (χ4v) is 0. The summed E-state index contributed by atoms with van der Waals surface area (Å²) in [5.41, 5.74) is 0. The van der Waals surface area contributed by atoms with Crippen LogP contribution in [0.5, 0.6) is 0 Å².